The number of fused-ring (bicyclic) bond motifs is 1. The number of hydrogen-bond donors (Lipinski definition) is 2. The first-order valence-electron chi connectivity index (χ1n) is 9.83. The summed E-state index contributed by atoms with van der Waals surface area (Å²) >= 11 is 0. The number of para-hydroxylation sites is 1. The van der Waals surface area contributed by atoms with E-state index >= 15 is 0 Å². The second kappa shape index (κ2) is 8.86. The van der Waals surface area contributed by atoms with E-state index < -0.39 is 23.5 Å². The maximum absolute atomic E-state index is 12.4. The zero-order chi connectivity index (χ0) is 20.9. The van der Waals surface area contributed by atoms with Crippen molar-refractivity contribution in [3.63, 3.8) is 0 Å². The molecule has 1 saturated carbocycles. The Kier molecular flexibility index (Phi) is 6.27. The Morgan fingerprint density at radius 2 is 2.03 bits per heavy atom. The molecule has 2 N–H and O–H groups in total. The monoisotopic (exact) mass is 396 g/mol. The van der Waals surface area contributed by atoms with Crippen LogP contribution in [-0.4, -0.2) is 33.5 Å². The molecule has 2 aromatic rings. The minimum atomic E-state index is -1.00. The highest BCUT2D eigenvalue weighted by Crippen LogP contribution is 2.27. The minimum absolute atomic E-state index is 0.0255. The van der Waals surface area contributed by atoms with Crippen molar-refractivity contribution < 1.29 is 14.3 Å². The van der Waals surface area contributed by atoms with Crippen LogP contribution in [0.2, 0.25) is 0 Å². The van der Waals surface area contributed by atoms with Crippen LogP contribution in [-0.2, 0) is 20.7 Å². The van der Waals surface area contributed by atoms with Crippen LogP contribution < -0.4 is 10.9 Å². The van der Waals surface area contributed by atoms with Crippen molar-refractivity contribution in [1.82, 2.24) is 15.3 Å². The number of carbonyl (C=O) groups is 2. The van der Waals surface area contributed by atoms with Gasteiger partial charge in [0.1, 0.15) is 11.4 Å². The molecular formula is C21H24N4O4. The SMILES string of the molecule is C[C@H](OC(=O)CCc1nc2ccccc2c(=O)[nH]1)C(=O)NC1(C#N)CCCCC1. The molecule has 1 aromatic heterocycles. The quantitative estimate of drug-likeness (QED) is 0.721. The normalized spacial score (nSPS) is 16.6. The van der Waals surface area contributed by atoms with Crippen LogP contribution in [0.1, 0.15) is 51.3 Å². The molecule has 29 heavy (non-hydrogen) atoms. The molecule has 8 heteroatoms. The number of nitrogens with one attached hydrogen (secondary N) is 2. The number of carbonyl (C=O) groups excluding carboxylic acids is 2. The maximum atomic E-state index is 12.4. The molecule has 0 radical (unpaired) electrons. The summed E-state index contributed by atoms with van der Waals surface area (Å²) in [6.07, 6.45) is 3.20. The van der Waals surface area contributed by atoms with Crippen LogP contribution >= 0.6 is 0 Å². The highest BCUT2D eigenvalue weighted by molar-refractivity contribution is 5.84. The van der Waals surface area contributed by atoms with Crippen molar-refractivity contribution in [1.29, 1.82) is 5.26 Å². The van der Waals surface area contributed by atoms with Crippen LogP contribution in [0.4, 0.5) is 0 Å². The molecule has 1 aliphatic carbocycles. The zero-order valence-corrected chi connectivity index (χ0v) is 16.4. The van der Waals surface area contributed by atoms with E-state index in [1.807, 2.05) is 0 Å². The number of amides is 1. The van der Waals surface area contributed by atoms with Crippen molar-refractivity contribution in [3.05, 3.63) is 40.4 Å². The largest absolute Gasteiger partial charge is 0.453 e. The van der Waals surface area contributed by atoms with Gasteiger partial charge in [0.25, 0.3) is 11.5 Å². The average molecular weight is 396 g/mol. The fourth-order valence-electron chi connectivity index (χ4n) is 3.54. The topological polar surface area (TPSA) is 125 Å². The lowest BCUT2D eigenvalue weighted by atomic mass is 9.83. The van der Waals surface area contributed by atoms with Crippen molar-refractivity contribution in [3.8, 4) is 6.07 Å². The molecule has 152 valence electrons. The molecule has 1 aromatic carbocycles. The lowest BCUT2D eigenvalue weighted by Crippen LogP contribution is -2.52. The highest BCUT2D eigenvalue weighted by Gasteiger charge is 2.35. The summed E-state index contributed by atoms with van der Waals surface area (Å²) < 4.78 is 5.20. The number of aromatic nitrogens is 2. The molecule has 1 atom stereocenters. The molecule has 0 saturated heterocycles. The molecule has 0 spiro atoms. The smallest absolute Gasteiger partial charge is 0.307 e. The van der Waals surface area contributed by atoms with Gasteiger partial charge in [-0.15, -0.1) is 0 Å². The van der Waals surface area contributed by atoms with Gasteiger partial charge < -0.3 is 15.0 Å². The Morgan fingerprint density at radius 3 is 2.76 bits per heavy atom. The van der Waals surface area contributed by atoms with Gasteiger partial charge in [-0.1, -0.05) is 31.4 Å². The molecule has 1 aliphatic rings. The van der Waals surface area contributed by atoms with E-state index in [2.05, 4.69) is 21.4 Å². The molecule has 0 bridgehead atoms. The number of esters is 1. The van der Waals surface area contributed by atoms with E-state index in [4.69, 9.17) is 4.74 Å². The fraction of sp³-hybridized carbons (Fsp3) is 0.476. The first kappa shape index (κ1) is 20.5. The Balaban J connectivity index is 1.54. The fourth-order valence-corrected chi connectivity index (χ4v) is 3.54. The molecule has 1 fully saturated rings. The Labute approximate surface area is 168 Å². The van der Waals surface area contributed by atoms with Crippen LogP contribution in [0.5, 0.6) is 0 Å². The van der Waals surface area contributed by atoms with Gasteiger partial charge in [0.2, 0.25) is 0 Å². The Morgan fingerprint density at radius 1 is 1.31 bits per heavy atom. The van der Waals surface area contributed by atoms with E-state index in [9.17, 15) is 19.6 Å². The van der Waals surface area contributed by atoms with E-state index in [1.54, 1.807) is 24.3 Å². The van der Waals surface area contributed by atoms with Crippen LogP contribution in [0.3, 0.4) is 0 Å². The number of benzene rings is 1. The number of nitrogens with zero attached hydrogens (tertiary/aromatic N) is 2. The number of ether oxygens (including phenoxy) is 1. The van der Waals surface area contributed by atoms with Gasteiger partial charge in [-0.25, -0.2) is 4.98 Å². The van der Waals surface area contributed by atoms with Gasteiger partial charge in [-0.2, -0.15) is 5.26 Å². The van der Waals surface area contributed by atoms with Crippen molar-refractivity contribution in [2.24, 2.45) is 0 Å². The second-order valence-electron chi connectivity index (χ2n) is 7.41. The number of hydrogen-bond acceptors (Lipinski definition) is 6. The van der Waals surface area contributed by atoms with Gasteiger partial charge in [-0.3, -0.25) is 14.4 Å². The molecule has 1 heterocycles. The van der Waals surface area contributed by atoms with Gasteiger partial charge in [0.05, 0.1) is 23.4 Å². The molecule has 0 aliphatic heterocycles. The number of aryl methyl sites for hydroxylation is 1. The molecule has 8 nitrogen and oxygen atoms in total. The van der Waals surface area contributed by atoms with Crippen LogP contribution in [0, 0.1) is 11.3 Å². The third kappa shape index (κ3) is 4.99. The van der Waals surface area contributed by atoms with E-state index in [-0.39, 0.29) is 18.4 Å². The number of nitriles is 1. The molecule has 3 rings (SSSR count). The highest BCUT2D eigenvalue weighted by atomic mass is 16.5. The second-order valence-corrected chi connectivity index (χ2v) is 7.41. The first-order chi connectivity index (χ1) is 13.9. The zero-order valence-electron chi connectivity index (χ0n) is 16.4. The van der Waals surface area contributed by atoms with Crippen molar-refractivity contribution in [2.75, 3.05) is 0 Å². The van der Waals surface area contributed by atoms with E-state index in [1.165, 1.54) is 6.92 Å². The van der Waals surface area contributed by atoms with Gasteiger partial charge in [0, 0.05) is 6.42 Å². The van der Waals surface area contributed by atoms with Crippen LogP contribution in [0.15, 0.2) is 29.1 Å². The summed E-state index contributed by atoms with van der Waals surface area (Å²) in [5.41, 5.74) is -0.576. The summed E-state index contributed by atoms with van der Waals surface area (Å²) in [5.74, 6) is -0.662. The van der Waals surface area contributed by atoms with E-state index in [0.29, 0.717) is 29.6 Å². The molecule has 1 amide bonds. The number of H-pyrrole nitrogens is 1. The van der Waals surface area contributed by atoms with E-state index in [0.717, 1.165) is 19.3 Å². The predicted molar refractivity (Wildman–Crippen MR) is 106 cm³/mol. The summed E-state index contributed by atoms with van der Waals surface area (Å²) in [6, 6.07) is 9.16. The summed E-state index contributed by atoms with van der Waals surface area (Å²) in [4.78, 5) is 43.6. The van der Waals surface area contributed by atoms with Crippen molar-refractivity contribution in [2.45, 2.75) is 63.5 Å². The third-order valence-electron chi connectivity index (χ3n) is 5.19. The summed E-state index contributed by atoms with van der Waals surface area (Å²) in [5, 5.41) is 12.7. The predicted octanol–water partition coefficient (Wildman–Crippen LogP) is 2.13. The summed E-state index contributed by atoms with van der Waals surface area (Å²) in [7, 11) is 0. The minimum Gasteiger partial charge on any atom is -0.453 e. The Hall–Kier alpha value is -3.21. The van der Waals surface area contributed by atoms with Crippen LogP contribution in [0.25, 0.3) is 10.9 Å². The van der Waals surface area contributed by atoms with Crippen molar-refractivity contribution >= 4 is 22.8 Å². The lowest BCUT2D eigenvalue weighted by Gasteiger charge is -2.32. The third-order valence-corrected chi connectivity index (χ3v) is 5.19. The number of aromatic amines is 1. The molecular weight excluding hydrogens is 372 g/mol. The average Bonchev–Trinajstić information content (AvgIpc) is 2.73. The Bertz CT molecular complexity index is 1000. The lowest BCUT2D eigenvalue weighted by molar-refractivity contribution is -0.155. The first-order valence-corrected chi connectivity index (χ1v) is 9.83. The number of rotatable bonds is 6. The molecule has 0 unspecified atom stereocenters. The summed E-state index contributed by atoms with van der Waals surface area (Å²) in [6.45, 7) is 1.48. The maximum Gasteiger partial charge on any atom is 0.307 e. The van der Waals surface area contributed by atoms with Gasteiger partial charge >= 0.3 is 5.97 Å². The van der Waals surface area contributed by atoms with Gasteiger partial charge in [-0.05, 0) is 31.9 Å². The standard InChI is InChI=1S/C21H24N4O4/c1-14(19(27)25-21(13-22)11-5-2-6-12-21)29-18(26)10-9-17-23-16-8-4-3-7-15(16)20(28)24-17/h3-4,7-8,14H,2,5-6,9-12H2,1H3,(H,25,27)(H,23,24,28)/t14-/m0/s1. The van der Waals surface area contributed by atoms with Gasteiger partial charge in [0.15, 0.2) is 6.10 Å².